The van der Waals surface area contributed by atoms with Crippen LogP contribution in [-0.4, -0.2) is 37.8 Å². The summed E-state index contributed by atoms with van der Waals surface area (Å²) in [7, 11) is 1.66. The normalized spacial score (nSPS) is 14.0. The van der Waals surface area contributed by atoms with Crippen LogP contribution in [-0.2, 0) is 11.0 Å². The molecule has 2 rings (SSSR count). The van der Waals surface area contributed by atoms with Gasteiger partial charge in [0.2, 0.25) is 0 Å². The summed E-state index contributed by atoms with van der Waals surface area (Å²) < 4.78 is 10.5. The van der Waals surface area contributed by atoms with E-state index in [2.05, 4.69) is 36.6 Å². The summed E-state index contributed by atoms with van der Waals surface area (Å²) in [5, 5.41) is 17.0. The van der Waals surface area contributed by atoms with Crippen LogP contribution in [0.2, 0.25) is 0 Å². The van der Waals surface area contributed by atoms with Crippen LogP contribution in [0.4, 0.5) is 0 Å². The van der Waals surface area contributed by atoms with Crippen molar-refractivity contribution >= 4 is 29.9 Å². The van der Waals surface area contributed by atoms with Crippen molar-refractivity contribution in [2.24, 2.45) is 4.99 Å². The number of nitrogens with zero attached hydrogens (tertiary/aromatic N) is 1. The van der Waals surface area contributed by atoms with Crippen molar-refractivity contribution in [1.29, 1.82) is 0 Å². The molecule has 0 spiro atoms. The quantitative estimate of drug-likeness (QED) is 0.293. The third-order valence-corrected chi connectivity index (χ3v) is 4.50. The molecule has 1 unspecified atom stereocenters. The second-order valence-corrected chi connectivity index (χ2v) is 7.41. The summed E-state index contributed by atoms with van der Waals surface area (Å²) >= 11 is 0. The van der Waals surface area contributed by atoms with Gasteiger partial charge in [0, 0.05) is 12.0 Å². The van der Waals surface area contributed by atoms with Gasteiger partial charge in [0.25, 0.3) is 0 Å². The van der Waals surface area contributed by atoms with Crippen LogP contribution in [0, 0.1) is 0 Å². The number of ether oxygens (including phenoxy) is 1. The first kappa shape index (κ1) is 24.3. The lowest BCUT2D eigenvalue weighted by Crippen LogP contribution is -2.45. The predicted octanol–water partition coefficient (Wildman–Crippen LogP) is 3.65. The molecule has 0 fully saturated rings. The largest absolute Gasteiger partial charge is 0.497 e. The molecule has 0 saturated heterocycles. The number of aliphatic imine (C=N–C) groups is 1. The van der Waals surface area contributed by atoms with Crippen molar-refractivity contribution < 1.29 is 14.3 Å². The molecule has 3 N–H and O–H groups in total. The van der Waals surface area contributed by atoms with Crippen molar-refractivity contribution in [2.75, 3.05) is 26.7 Å². The zero-order chi connectivity index (χ0) is 19.9. The highest BCUT2D eigenvalue weighted by molar-refractivity contribution is 14.0. The summed E-state index contributed by atoms with van der Waals surface area (Å²) in [5.41, 5.74) is -0.0749. The van der Waals surface area contributed by atoms with E-state index in [0.29, 0.717) is 18.3 Å². The highest BCUT2D eigenvalue weighted by Gasteiger charge is 2.27. The van der Waals surface area contributed by atoms with Crippen LogP contribution in [0.5, 0.6) is 5.75 Å². The molecule has 0 saturated carbocycles. The SMILES string of the molecule is CCNC(=NCC(C)(C)c1ccc(OC)cc1)NCC(C)(O)c1ccco1.I. The Morgan fingerprint density at radius 2 is 1.82 bits per heavy atom. The third kappa shape index (κ3) is 6.70. The summed E-state index contributed by atoms with van der Waals surface area (Å²) in [6, 6.07) is 11.6. The average Bonchev–Trinajstić information content (AvgIpc) is 3.20. The van der Waals surface area contributed by atoms with Gasteiger partial charge in [-0.15, -0.1) is 24.0 Å². The van der Waals surface area contributed by atoms with Gasteiger partial charge in [0.15, 0.2) is 5.96 Å². The van der Waals surface area contributed by atoms with Gasteiger partial charge >= 0.3 is 0 Å². The van der Waals surface area contributed by atoms with Crippen molar-refractivity contribution in [3.8, 4) is 5.75 Å². The van der Waals surface area contributed by atoms with E-state index < -0.39 is 5.60 Å². The van der Waals surface area contributed by atoms with Crippen LogP contribution in [0.25, 0.3) is 0 Å². The molecule has 0 radical (unpaired) electrons. The van der Waals surface area contributed by atoms with Crippen LogP contribution < -0.4 is 15.4 Å². The average molecular weight is 501 g/mol. The number of rotatable bonds is 8. The molecule has 1 heterocycles. The number of nitrogens with one attached hydrogen (secondary N) is 2. The minimum absolute atomic E-state index is 0. The van der Waals surface area contributed by atoms with Crippen molar-refractivity contribution in [3.63, 3.8) is 0 Å². The Morgan fingerprint density at radius 1 is 1.14 bits per heavy atom. The lowest BCUT2D eigenvalue weighted by molar-refractivity contribution is 0.0386. The number of guanidine groups is 1. The fraction of sp³-hybridized carbons (Fsp3) is 0.476. The van der Waals surface area contributed by atoms with Gasteiger partial charge in [-0.1, -0.05) is 26.0 Å². The van der Waals surface area contributed by atoms with E-state index in [1.807, 2.05) is 19.1 Å². The predicted molar refractivity (Wildman–Crippen MR) is 124 cm³/mol. The Labute approximate surface area is 184 Å². The van der Waals surface area contributed by atoms with Gasteiger partial charge in [-0.05, 0) is 43.7 Å². The molecule has 0 amide bonds. The number of hydrogen-bond donors (Lipinski definition) is 3. The maximum absolute atomic E-state index is 10.6. The third-order valence-electron chi connectivity index (χ3n) is 4.50. The number of aliphatic hydroxyl groups is 1. The molecule has 0 bridgehead atoms. The number of hydrogen-bond acceptors (Lipinski definition) is 4. The molecule has 28 heavy (non-hydrogen) atoms. The van der Waals surface area contributed by atoms with E-state index in [1.54, 1.807) is 32.4 Å². The van der Waals surface area contributed by atoms with Crippen LogP contribution >= 0.6 is 24.0 Å². The van der Waals surface area contributed by atoms with Gasteiger partial charge in [-0.2, -0.15) is 0 Å². The topological polar surface area (TPSA) is 79.0 Å². The second-order valence-electron chi connectivity index (χ2n) is 7.41. The van der Waals surface area contributed by atoms with E-state index in [0.717, 1.165) is 12.3 Å². The van der Waals surface area contributed by atoms with Crippen LogP contribution in [0.15, 0.2) is 52.1 Å². The molecule has 1 aromatic carbocycles. The molecule has 0 aliphatic carbocycles. The summed E-state index contributed by atoms with van der Waals surface area (Å²) in [6.45, 7) is 9.65. The summed E-state index contributed by atoms with van der Waals surface area (Å²) in [4.78, 5) is 4.71. The van der Waals surface area contributed by atoms with Gasteiger partial charge < -0.3 is 24.9 Å². The first-order valence-electron chi connectivity index (χ1n) is 9.21. The fourth-order valence-electron chi connectivity index (χ4n) is 2.68. The van der Waals surface area contributed by atoms with Gasteiger partial charge in [0.05, 0.1) is 26.5 Å². The monoisotopic (exact) mass is 501 g/mol. The minimum atomic E-state index is -1.12. The molecule has 7 heteroatoms. The zero-order valence-corrected chi connectivity index (χ0v) is 19.6. The standard InChI is InChI=1S/C21H31N3O3.HI/c1-6-22-19(24-15-21(4,25)18-8-7-13-27-18)23-14-20(2,3)16-9-11-17(26-5)12-10-16;/h7-13,25H,6,14-15H2,1-5H3,(H2,22,23,24);1H. The first-order valence-corrected chi connectivity index (χ1v) is 9.21. The highest BCUT2D eigenvalue weighted by Crippen LogP contribution is 2.25. The van der Waals surface area contributed by atoms with E-state index >= 15 is 0 Å². The maximum Gasteiger partial charge on any atom is 0.191 e. The summed E-state index contributed by atoms with van der Waals surface area (Å²) in [6.07, 6.45) is 1.56. The smallest absolute Gasteiger partial charge is 0.191 e. The molecule has 0 aliphatic heterocycles. The van der Waals surface area contributed by atoms with Gasteiger partial charge in [0.1, 0.15) is 17.1 Å². The lowest BCUT2D eigenvalue weighted by atomic mass is 9.85. The van der Waals surface area contributed by atoms with E-state index in [4.69, 9.17) is 14.1 Å². The van der Waals surface area contributed by atoms with Crippen molar-refractivity contribution in [1.82, 2.24) is 10.6 Å². The van der Waals surface area contributed by atoms with Gasteiger partial charge in [-0.3, -0.25) is 4.99 Å². The minimum Gasteiger partial charge on any atom is -0.497 e. The molecule has 0 aliphatic rings. The number of benzene rings is 1. The molecular weight excluding hydrogens is 469 g/mol. The maximum atomic E-state index is 10.6. The lowest BCUT2D eigenvalue weighted by Gasteiger charge is -2.25. The van der Waals surface area contributed by atoms with E-state index in [-0.39, 0.29) is 35.9 Å². The van der Waals surface area contributed by atoms with E-state index in [1.165, 1.54) is 5.56 Å². The molecule has 6 nitrogen and oxygen atoms in total. The Morgan fingerprint density at radius 3 is 2.36 bits per heavy atom. The molecular formula is C21H32IN3O3. The summed E-state index contributed by atoms with van der Waals surface area (Å²) in [5.74, 6) is 2.02. The molecule has 1 aromatic heterocycles. The van der Waals surface area contributed by atoms with Crippen molar-refractivity contribution in [2.45, 2.75) is 38.7 Å². The van der Waals surface area contributed by atoms with E-state index in [9.17, 15) is 5.11 Å². The Bertz CT molecular complexity index is 726. The molecule has 1 atom stereocenters. The fourth-order valence-corrected chi connectivity index (χ4v) is 2.68. The van der Waals surface area contributed by atoms with Crippen LogP contribution in [0.1, 0.15) is 39.0 Å². The molecule has 156 valence electrons. The van der Waals surface area contributed by atoms with Crippen molar-refractivity contribution in [3.05, 3.63) is 54.0 Å². The zero-order valence-electron chi connectivity index (χ0n) is 17.3. The first-order chi connectivity index (χ1) is 12.8. The number of halogens is 1. The number of methoxy groups -OCH3 is 1. The van der Waals surface area contributed by atoms with Crippen LogP contribution in [0.3, 0.4) is 0 Å². The Kier molecular flexibility index (Phi) is 9.29. The Balaban J connectivity index is 0.00000392. The van der Waals surface area contributed by atoms with Gasteiger partial charge in [-0.25, -0.2) is 0 Å². The second kappa shape index (κ2) is 10.7. The number of furan rings is 1. The molecule has 2 aromatic rings. The highest BCUT2D eigenvalue weighted by atomic mass is 127. The Hall–Kier alpha value is -1.74.